The van der Waals surface area contributed by atoms with E-state index < -0.39 is 15.6 Å². The maximum atomic E-state index is 11.1. The van der Waals surface area contributed by atoms with Crippen LogP contribution in [0.25, 0.3) is 45.0 Å². The highest BCUT2D eigenvalue weighted by Gasteiger charge is 2.19. The van der Waals surface area contributed by atoms with Crippen molar-refractivity contribution >= 4 is 58.9 Å². The van der Waals surface area contributed by atoms with Gasteiger partial charge < -0.3 is 29.4 Å². The fourth-order valence-corrected chi connectivity index (χ4v) is 6.51. The zero-order chi connectivity index (χ0) is 39.2. The molecule has 2 aromatic heterocycles. The average Bonchev–Trinajstić information content (AvgIpc) is 3.75. The van der Waals surface area contributed by atoms with Crippen LogP contribution < -0.4 is 9.80 Å². The van der Waals surface area contributed by atoms with Crippen LogP contribution in [0.1, 0.15) is 0 Å². The van der Waals surface area contributed by atoms with Gasteiger partial charge in [-0.05, 0) is 60.7 Å². The molecule has 14 nitrogen and oxygen atoms in total. The smallest absolute Gasteiger partial charge is 0.378 e. The van der Waals surface area contributed by atoms with E-state index >= 15 is 0 Å². The lowest BCUT2D eigenvalue weighted by molar-refractivity contribution is 0.145. The topological polar surface area (TPSA) is 176 Å². The molecule has 54 heavy (non-hydrogen) atoms. The van der Waals surface area contributed by atoms with E-state index in [2.05, 4.69) is 51.1 Å². The summed E-state index contributed by atoms with van der Waals surface area (Å²) in [5, 5.41) is 8.96. The summed E-state index contributed by atoms with van der Waals surface area (Å²) in [7, 11) is -1.37. The van der Waals surface area contributed by atoms with Crippen LogP contribution >= 0.6 is 47.5 Å². The number of nitrogens with zero attached hydrogens (tertiary/aromatic N) is 6. The highest BCUT2D eigenvalue weighted by Crippen LogP contribution is 2.38. The SMILES string of the molecule is CN(C)c1ccc(-c2cc(-c3cccc(Br)c3)n(COP(=O)(O)O)n2)cc1.CN(C)c1ccc(-c2cc(-c3cccc(Br)c3)nn2COP(=O)(O)O)cc1. The number of anilines is 2. The Kier molecular flexibility index (Phi) is 13.5. The van der Waals surface area contributed by atoms with Crippen molar-refractivity contribution in [1.82, 2.24) is 19.6 Å². The number of hydrogen-bond donors (Lipinski definition) is 4. The van der Waals surface area contributed by atoms with Crippen LogP contribution in [0.2, 0.25) is 0 Å². The average molecular weight is 904 g/mol. The molecule has 0 aliphatic rings. The largest absolute Gasteiger partial charge is 0.471 e. The molecule has 0 bridgehead atoms. The Morgan fingerprint density at radius 1 is 0.556 bits per heavy atom. The molecule has 0 aliphatic heterocycles. The van der Waals surface area contributed by atoms with Crippen molar-refractivity contribution in [3.8, 4) is 45.0 Å². The molecule has 6 aromatic rings. The van der Waals surface area contributed by atoms with Gasteiger partial charge in [-0.1, -0.05) is 80.4 Å². The number of hydrogen-bond acceptors (Lipinski definition) is 8. The fourth-order valence-electron chi connectivity index (χ4n) is 5.19. The first-order valence-electron chi connectivity index (χ1n) is 16.1. The van der Waals surface area contributed by atoms with Crippen molar-refractivity contribution < 1.29 is 37.8 Å². The number of aromatic nitrogens is 4. The molecule has 0 radical (unpaired) electrons. The van der Waals surface area contributed by atoms with Gasteiger partial charge in [0.2, 0.25) is 0 Å². The van der Waals surface area contributed by atoms with Crippen molar-refractivity contribution in [3.63, 3.8) is 0 Å². The number of phosphoric ester groups is 2. The molecule has 0 spiro atoms. The van der Waals surface area contributed by atoms with Crippen molar-refractivity contribution in [3.05, 3.63) is 118 Å². The second kappa shape index (κ2) is 17.7. The Balaban J connectivity index is 0.000000208. The van der Waals surface area contributed by atoms with E-state index in [9.17, 15) is 9.13 Å². The lowest BCUT2D eigenvalue weighted by atomic mass is 10.1. The van der Waals surface area contributed by atoms with Gasteiger partial charge in [-0.3, -0.25) is 9.05 Å². The molecule has 0 unspecified atom stereocenters. The van der Waals surface area contributed by atoms with Crippen molar-refractivity contribution in [2.45, 2.75) is 13.5 Å². The summed E-state index contributed by atoms with van der Waals surface area (Å²) in [5.74, 6) is 0. The Labute approximate surface area is 329 Å². The number of phosphoric acid groups is 2. The van der Waals surface area contributed by atoms with E-state index in [1.807, 2.05) is 147 Å². The van der Waals surface area contributed by atoms with Crippen LogP contribution in [0.15, 0.2) is 118 Å². The van der Waals surface area contributed by atoms with Crippen LogP contribution in [0.5, 0.6) is 0 Å². The zero-order valence-electron chi connectivity index (χ0n) is 29.6. The first-order chi connectivity index (χ1) is 25.5. The third kappa shape index (κ3) is 11.5. The third-order valence-corrected chi connectivity index (χ3v) is 9.75. The van der Waals surface area contributed by atoms with E-state index in [1.54, 1.807) is 0 Å². The number of halogens is 2. The molecule has 4 aromatic carbocycles. The van der Waals surface area contributed by atoms with Gasteiger partial charge in [0, 0.05) is 70.8 Å². The van der Waals surface area contributed by atoms with Gasteiger partial charge in [-0.25, -0.2) is 18.5 Å². The predicted octanol–water partition coefficient (Wildman–Crippen LogP) is 8.22. The number of benzene rings is 4. The summed E-state index contributed by atoms with van der Waals surface area (Å²) in [6.45, 7) is -0.717. The molecule has 0 fully saturated rings. The number of rotatable bonds is 12. The monoisotopic (exact) mass is 902 g/mol. The molecule has 6 rings (SSSR count). The molecular formula is C36H38Br2N6O8P2. The second-order valence-electron chi connectivity index (χ2n) is 12.2. The van der Waals surface area contributed by atoms with Gasteiger partial charge in [0.1, 0.15) is 0 Å². The normalized spacial score (nSPS) is 11.6. The molecule has 0 aliphatic carbocycles. The molecule has 0 atom stereocenters. The minimum Gasteiger partial charge on any atom is -0.378 e. The van der Waals surface area contributed by atoms with Crippen molar-refractivity contribution in [1.29, 1.82) is 0 Å². The fraction of sp³-hybridized carbons (Fsp3) is 0.167. The maximum Gasteiger partial charge on any atom is 0.471 e. The Bertz CT molecular complexity index is 2290. The Hall–Kier alpha value is -3.92. The van der Waals surface area contributed by atoms with Crippen LogP contribution in [-0.2, 0) is 31.6 Å². The van der Waals surface area contributed by atoms with E-state index in [0.717, 1.165) is 42.6 Å². The quantitative estimate of drug-likeness (QED) is 0.0868. The lowest BCUT2D eigenvalue weighted by Crippen LogP contribution is -2.08. The van der Waals surface area contributed by atoms with Gasteiger partial charge >= 0.3 is 15.6 Å². The second-order valence-corrected chi connectivity index (χ2v) is 16.5. The van der Waals surface area contributed by atoms with E-state index in [0.29, 0.717) is 22.8 Å². The summed E-state index contributed by atoms with van der Waals surface area (Å²) in [6.07, 6.45) is 0. The molecule has 284 valence electrons. The minimum absolute atomic E-state index is 0.358. The minimum atomic E-state index is -4.61. The van der Waals surface area contributed by atoms with Crippen molar-refractivity contribution in [2.75, 3.05) is 38.0 Å². The Morgan fingerprint density at radius 3 is 1.37 bits per heavy atom. The standard InChI is InChI=1S/2C18H19BrN3O4P/c1-21(2)16-8-6-13(7-9-16)18-11-17(14-4-3-5-15(19)10-14)20-22(18)12-26-27(23,24)25;1-21(2)16-8-6-13(7-9-16)17-11-18(14-4-3-5-15(19)10-14)22(20-17)12-26-27(23,24)25/h2*3-11H,12H2,1-2H3,(H2,23,24,25). The third-order valence-electron chi connectivity index (χ3n) is 7.86. The zero-order valence-corrected chi connectivity index (χ0v) is 34.5. The maximum absolute atomic E-state index is 11.1. The molecule has 18 heteroatoms. The summed E-state index contributed by atoms with van der Waals surface area (Å²) in [4.78, 5) is 40.1. The molecule has 4 N–H and O–H groups in total. The van der Waals surface area contributed by atoms with E-state index in [4.69, 9.17) is 19.6 Å². The molecule has 0 amide bonds. The summed E-state index contributed by atoms with van der Waals surface area (Å²) in [5.41, 5.74) is 8.35. The van der Waals surface area contributed by atoms with Gasteiger partial charge in [-0.15, -0.1) is 0 Å². The summed E-state index contributed by atoms with van der Waals surface area (Å²) in [6, 6.07) is 34.7. The molecular weight excluding hydrogens is 866 g/mol. The highest BCUT2D eigenvalue weighted by atomic mass is 79.9. The predicted molar refractivity (Wildman–Crippen MR) is 217 cm³/mol. The van der Waals surface area contributed by atoms with E-state index in [-0.39, 0.29) is 13.5 Å². The Morgan fingerprint density at radius 2 is 0.944 bits per heavy atom. The van der Waals surface area contributed by atoms with Gasteiger partial charge in [0.25, 0.3) is 0 Å². The van der Waals surface area contributed by atoms with Crippen LogP contribution in [-0.4, -0.2) is 67.3 Å². The summed E-state index contributed by atoms with van der Waals surface area (Å²) < 4.78 is 36.2. The molecule has 0 saturated carbocycles. The summed E-state index contributed by atoms with van der Waals surface area (Å²) >= 11 is 6.88. The van der Waals surface area contributed by atoms with E-state index in [1.165, 1.54) is 9.36 Å². The molecule has 0 saturated heterocycles. The van der Waals surface area contributed by atoms with Gasteiger partial charge in [-0.2, -0.15) is 10.2 Å². The van der Waals surface area contributed by atoms with Crippen molar-refractivity contribution in [2.24, 2.45) is 0 Å². The van der Waals surface area contributed by atoms with Crippen LogP contribution in [0.3, 0.4) is 0 Å². The van der Waals surface area contributed by atoms with Gasteiger partial charge in [0.15, 0.2) is 13.5 Å². The first-order valence-corrected chi connectivity index (χ1v) is 20.7. The lowest BCUT2D eigenvalue weighted by Gasteiger charge is -2.13. The highest BCUT2D eigenvalue weighted by molar-refractivity contribution is 9.10. The van der Waals surface area contributed by atoms with Gasteiger partial charge in [0.05, 0.1) is 22.8 Å². The molecule has 2 heterocycles. The first kappa shape index (κ1) is 41.2. The van der Waals surface area contributed by atoms with Crippen LogP contribution in [0, 0.1) is 0 Å². The van der Waals surface area contributed by atoms with Crippen LogP contribution in [0.4, 0.5) is 11.4 Å².